The summed E-state index contributed by atoms with van der Waals surface area (Å²) in [6.45, 7) is 7.62. The van der Waals surface area contributed by atoms with Gasteiger partial charge in [-0.1, -0.05) is 6.92 Å². The lowest BCUT2D eigenvalue weighted by Gasteiger charge is -2.37. The Morgan fingerprint density at radius 1 is 1.18 bits per heavy atom. The molecule has 0 radical (unpaired) electrons. The zero-order valence-electron chi connectivity index (χ0n) is 11.6. The maximum Gasteiger partial charge on any atom is 0.334 e. The molecule has 1 aliphatic heterocycles. The maximum atomic E-state index is 5.68. The molecule has 1 rings (SSSR count). The first-order valence-electron chi connectivity index (χ1n) is 6.29. The van der Waals surface area contributed by atoms with Gasteiger partial charge in [0, 0.05) is 26.2 Å². The van der Waals surface area contributed by atoms with E-state index in [1.807, 2.05) is 0 Å². The Labute approximate surface area is 106 Å². The van der Waals surface area contributed by atoms with Gasteiger partial charge in [-0.2, -0.15) is 0 Å². The van der Waals surface area contributed by atoms with Crippen molar-refractivity contribution < 1.29 is 18.3 Å². The minimum Gasteiger partial charge on any atom is -0.398 e. The van der Waals surface area contributed by atoms with Crippen LogP contribution < -0.4 is 0 Å². The highest BCUT2D eigenvalue weighted by molar-refractivity contribution is 6.65. The molecule has 0 unspecified atom stereocenters. The van der Waals surface area contributed by atoms with Crippen molar-refractivity contribution in [2.24, 2.45) is 5.41 Å². The van der Waals surface area contributed by atoms with Gasteiger partial charge in [-0.3, -0.25) is 0 Å². The van der Waals surface area contributed by atoms with Crippen LogP contribution in [-0.4, -0.2) is 49.2 Å². The predicted octanol–water partition coefficient (Wildman–Crippen LogP) is 2.18. The maximum absolute atomic E-state index is 5.68. The highest BCUT2D eigenvalue weighted by atomic mass is 28.4. The van der Waals surface area contributed by atoms with Gasteiger partial charge in [0.25, 0.3) is 0 Å². The predicted molar refractivity (Wildman–Crippen MR) is 69.4 cm³/mol. The van der Waals surface area contributed by atoms with Crippen LogP contribution in [0.4, 0.5) is 0 Å². The lowest BCUT2D eigenvalue weighted by molar-refractivity contribution is -0.137. The van der Waals surface area contributed by atoms with E-state index in [2.05, 4.69) is 13.5 Å². The molecule has 0 saturated carbocycles. The zero-order chi connectivity index (χ0) is 12.8. The molecule has 0 bridgehead atoms. The normalized spacial score (nSPS) is 19.1. The molecule has 1 saturated heterocycles. The summed E-state index contributed by atoms with van der Waals surface area (Å²) in [4.78, 5) is 0. The van der Waals surface area contributed by atoms with Crippen LogP contribution in [0.2, 0.25) is 12.6 Å². The molecular weight excluding hydrogens is 236 g/mol. The van der Waals surface area contributed by atoms with Crippen LogP contribution in [0.25, 0.3) is 0 Å². The second kappa shape index (κ2) is 6.85. The highest BCUT2D eigenvalue weighted by Crippen LogP contribution is 2.26. The Morgan fingerprint density at radius 2 is 1.82 bits per heavy atom. The second-order valence-electron chi connectivity index (χ2n) is 5.36. The van der Waals surface area contributed by atoms with Crippen LogP contribution in [0.3, 0.4) is 0 Å². The van der Waals surface area contributed by atoms with E-state index in [1.165, 1.54) is 0 Å². The summed E-state index contributed by atoms with van der Waals surface area (Å²) in [6.07, 6.45) is 2.18. The topological polar surface area (TPSA) is 36.9 Å². The van der Waals surface area contributed by atoms with E-state index in [9.17, 15) is 0 Å². The van der Waals surface area contributed by atoms with E-state index in [4.69, 9.17) is 18.3 Å². The smallest absolute Gasteiger partial charge is 0.334 e. The van der Waals surface area contributed by atoms with E-state index in [0.29, 0.717) is 0 Å². The van der Waals surface area contributed by atoms with Crippen LogP contribution >= 0.6 is 0 Å². The molecule has 0 aromatic carbocycles. The van der Waals surface area contributed by atoms with Crippen molar-refractivity contribution in [3.8, 4) is 0 Å². The van der Waals surface area contributed by atoms with Crippen molar-refractivity contribution in [2.75, 3.05) is 40.6 Å². The zero-order valence-corrected chi connectivity index (χ0v) is 12.6. The molecule has 17 heavy (non-hydrogen) atoms. The molecule has 102 valence electrons. The van der Waals surface area contributed by atoms with Crippen LogP contribution in [0.5, 0.6) is 0 Å². The summed E-state index contributed by atoms with van der Waals surface area (Å²) in [6, 6.07) is 1.03. The van der Waals surface area contributed by atoms with Gasteiger partial charge < -0.3 is 18.3 Å². The molecule has 0 aliphatic carbocycles. The van der Waals surface area contributed by atoms with Crippen molar-refractivity contribution in [2.45, 2.75) is 32.4 Å². The third-order valence-electron chi connectivity index (χ3n) is 3.38. The molecular formula is C12H26O4Si. The fourth-order valence-corrected chi connectivity index (χ4v) is 3.26. The molecule has 0 amide bonds. The van der Waals surface area contributed by atoms with E-state index in [1.54, 1.807) is 14.2 Å². The van der Waals surface area contributed by atoms with Crippen molar-refractivity contribution in [1.82, 2.24) is 0 Å². The highest BCUT2D eigenvalue weighted by Gasteiger charge is 2.33. The Morgan fingerprint density at radius 3 is 2.29 bits per heavy atom. The van der Waals surface area contributed by atoms with Gasteiger partial charge in [-0.25, -0.2) is 0 Å². The lowest BCUT2D eigenvalue weighted by atomic mass is 9.90. The minimum atomic E-state index is -1.87. The van der Waals surface area contributed by atoms with Crippen LogP contribution in [0.1, 0.15) is 19.8 Å². The van der Waals surface area contributed by atoms with Gasteiger partial charge >= 0.3 is 8.56 Å². The summed E-state index contributed by atoms with van der Waals surface area (Å²) in [5, 5.41) is 0. The molecule has 0 spiro atoms. The SMILES string of the molecule is CO[Si](C)(CCCCOCC1(C)COC1)OC. The third-order valence-corrected chi connectivity index (χ3v) is 6.37. The molecule has 0 aromatic heterocycles. The quantitative estimate of drug-likeness (QED) is 0.471. The Kier molecular flexibility index (Phi) is 6.09. The first-order chi connectivity index (χ1) is 8.04. The number of ether oxygens (including phenoxy) is 2. The van der Waals surface area contributed by atoms with Gasteiger partial charge in [-0.15, -0.1) is 0 Å². The average Bonchev–Trinajstić information content (AvgIpc) is 2.31. The number of hydrogen-bond acceptors (Lipinski definition) is 4. The Balaban J connectivity index is 1.97. The Hall–Kier alpha value is 0.0569. The lowest BCUT2D eigenvalue weighted by Crippen LogP contribution is -2.43. The van der Waals surface area contributed by atoms with Gasteiger partial charge in [-0.05, 0) is 25.4 Å². The monoisotopic (exact) mass is 262 g/mol. The van der Waals surface area contributed by atoms with Gasteiger partial charge in [0.15, 0.2) is 0 Å². The average molecular weight is 262 g/mol. The van der Waals surface area contributed by atoms with Crippen LogP contribution in [-0.2, 0) is 18.3 Å². The fraction of sp³-hybridized carbons (Fsp3) is 1.00. The summed E-state index contributed by atoms with van der Waals surface area (Å²) in [5.41, 5.74) is 0.266. The van der Waals surface area contributed by atoms with Crippen LogP contribution in [0.15, 0.2) is 0 Å². The van der Waals surface area contributed by atoms with E-state index in [-0.39, 0.29) is 5.41 Å². The number of hydrogen-bond donors (Lipinski definition) is 0. The molecule has 1 fully saturated rings. The number of unbranched alkanes of at least 4 members (excludes halogenated alkanes) is 1. The van der Waals surface area contributed by atoms with Crippen molar-refractivity contribution in [1.29, 1.82) is 0 Å². The number of rotatable bonds is 9. The van der Waals surface area contributed by atoms with Gasteiger partial charge in [0.05, 0.1) is 19.8 Å². The van der Waals surface area contributed by atoms with E-state index >= 15 is 0 Å². The largest absolute Gasteiger partial charge is 0.398 e. The fourth-order valence-electron chi connectivity index (χ4n) is 1.79. The van der Waals surface area contributed by atoms with Gasteiger partial charge in [0.1, 0.15) is 0 Å². The summed E-state index contributed by atoms with van der Waals surface area (Å²) in [5.74, 6) is 0. The van der Waals surface area contributed by atoms with E-state index < -0.39 is 8.56 Å². The summed E-state index contributed by atoms with van der Waals surface area (Å²) in [7, 11) is 1.61. The molecule has 1 heterocycles. The molecule has 1 aliphatic rings. The summed E-state index contributed by atoms with van der Waals surface area (Å²) >= 11 is 0. The van der Waals surface area contributed by atoms with Crippen molar-refractivity contribution in [3.05, 3.63) is 0 Å². The Bertz CT molecular complexity index is 215. The second-order valence-corrected chi connectivity index (χ2v) is 8.94. The van der Waals surface area contributed by atoms with Crippen LogP contribution in [0, 0.1) is 5.41 Å². The molecule has 0 atom stereocenters. The molecule has 0 aromatic rings. The first-order valence-corrected chi connectivity index (χ1v) is 8.82. The minimum absolute atomic E-state index is 0.266. The van der Waals surface area contributed by atoms with Crippen molar-refractivity contribution >= 4 is 8.56 Å². The molecule has 4 nitrogen and oxygen atoms in total. The van der Waals surface area contributed by atoms with E-state index in [0.717, 1.165) is 45.3 Å². The van der Waals surface area contributed by atoms with Crippen molar-refractivity contribution in [3.63, 3.8) is 0 Å². The van der Waals surface area contributed by atoms with Gasteiger partial charge in [0.2, 0.25) is 0 Å². The first kappa shape index (κ1) is 15.1. The third kappa shape index (κ3) is 5.05. The standard InChI is InChI=1S/C12H26O4Si/c1-12(10-16-11-12)9-15-7-5-6-8-17(4,13-2)14-3/h5-11H2,1-4H3. The molecule has 5 heteroatoms. The molecule has 0 N–H and O–H groups in total. The summed E-state index contributed by atoms with van der Waals surface area (Å²) < 4.78 is 21.7.